The average molecular weight is 238 g/mol. The third-order valence-corrected chi connectivity index (χ3v) is 2.45. The first kappa shape index (κ1) is 11.7. The molecule has 0 saturated carbocycles. The summed E-state index contributed by atoms with van der Waals surface area (Å²) in [4.78, 5) is 0. The topological polar surface area (TPSA) is 12.0 Å². The lowest BCUT2D eigenvalue weighted by atomic mass is 10.1. The van der Waals surface area contributed by atoms with Crippen molar-refractivity contribution in [2.75, 3.05) is 12.4 Å². The van der Waals surface area contributed by atoms with Gasteiger partial charge < -0.3 is 5.32 Å². The molecule has 0 heterocycles. The Hall–Kier alpha value is -0.400. The molecule has 0 radical (unpaired) electrons. The van der Waals surface area contributed by atoms with Gasteiger partial charge in [0.05, 0.1) is 10.7 Å². The smallest absolute Gasteiger partial charge is 0.285 e. The van der Waals surface area contributed by atoms with Crippen molar-refractivity contribution in [3.63, 3.8) is 0 Å². The van der Waals surface area contributed by atoms with Gasteiger partial charge in [-0.05, 0) is 24.6 Å². The third-order valence-electron chi connectivity index (χ3n) is 1.84. The van der Waals surface area contributed by atoms with Crippen LogP contribution >= 0.6 is 20.8 Å². The van der Waals surface area contributed by atoms with Crippen LogP contribution in [0.2, 0.25) is 5.02 Å². The van der Waals surface area contributed by atoms with Crippen molar-refractivity contribution < 1.29 is 8.78 Å². The molecule has 1 rings (SSSR count). The molecule has 0 aromatic heterocycles. The molecule has 1 nitrogen and oxygen atoms in total. The number of halogens is 3. The first-order valence-corrected chi connectivity index (χ1v) is 4.97. The van der Waals surface area contributed by atoms with Gasteiger partial charge in [-0.1, -0.05) is 20.8 Å². The first-order valence-electron chi connectivity index (χ1n) is 4.01. The lowest BCUT2D eigenvalue weighted by Crippen LogP contribution is -2.08. The van der Waals surface area contributed by atoms with Crippen LogP contribution in [0.4, 0.5) is 14.5 Å². The Kier molecular flexibility index (Phi) is 3.33. The van der Waals surface area contributed by atoms with Crippen LogP contribution in [0.3, 0.4) is 0 Å². The van der Waals surface area contributed by atoms with Gasteiger partial charge in [0.15, 0.2) is 0 Å². The maximum Gasteiger partial charge on any atom is 0.285 e. The van der Waals surface area contributed by atoms with E-state index in [4.69, 9.17) is 11.6 Å². The second kappa shape index (κ2) is 4.00. The van der Waals surface area contributed by atoms with Gasteiger partial charge in [-0.15, -0.1) is 0 Å². The zero-order chi connectivity index (χ0) is 10.9. The molecule has 0 aliphatic rings. The summed E-state index contributed by atoms with van der Waals surface area (Å²) in [6, 6.07) is 3.07. The largest absolute Gasteiger partial charge is 0.387 e. The molecule has 1 unspecified atom stereocenters. The zero-order valence-electron chi connectivity index (χ0n) is 7.87. The van der Waals surface area contributed by atoms with Gasteiger partial charge in [0.1, 0.15) is 0 Å². The maximum atomic E-state index is 13.1. The maximum absolute atomic E-state index is 13.1. The molecule has 14 heavy (non-hydrogen) atoms. The lowest BCUT2D eigenvalue weighted by Gasteiger charge is -2.17. The number of nitrogens with one attached hydrogen (secondary N) is 1. The molecule has 0 spiro atoms. The van der Waals surface area contributed by atoms with E-state index in [1.807, 2.05) is 0 Å². The molecular formula is C9H11ClF2NP. The van der Waals surface area contributed by atoms with E-state index in [1.165, 1.54) is 15.3 Å². The first-order chi connectivity index (χ1) is 6.36. The van der Waals surface area contributed by atoms with Crippen molar-refractivity contribution in [2.24, 2.45) is 0 Å². The molecule has 0 fully saturated rings. The van der Waals surface area contributed by atoms with Crippen molar-refractivity contribution in [3.8, 4) is 0 Å². The molecule has 0 saturated heterocycles. The quantitative estimate of drug-likeness (QED) is 0.775. The summed E-state index contributed by atoms with van der Waals surface area (Å²) in [6.07, 6.45) is 0. The minimum Gasteiger partial charge on any atom is -0.387 e. The second-order valence-corrected chi connectivity index (χ2v) is 4.17. The van der Waals surface area contributed by atoms with Crippen LogP contribution in [0.15, 0.2) is 12.1 Å². The number of hydrogen-bond acceptors (Lipinski definition) is 1. The Labute approximate surface area is 89.0 Å². The summed E-state index contributed by atoms with van der Waals surface area (Å²) in [7, 11) is 3.07. The molecule has 1 N–H and O–H groups in total. The van der Waals surface area contributed by atoms with Gasteiger partial charge in [0.2, 0.25) is 0 Å². The highest BCUT2D eigenvalue weighted by molar-refractivity contribution is 7.17. The summed E-state index contributed by atoms with van der Waals surface area (Å²) in [5.74, 6) is 0. The van der Waals surface area contributed by atoms with E-state index in [2.05, 4.69) is 5.32 Å². The van der Waals surface area contributed by atoms with Gasteiger partial charge in [0, 0.05) is 12.6 Å². The fraction of sp³-hybridized carbons (Fsp3) is 0.333. The van der Waals surface area contributed by atoms with E-state index >= 15 is 0 Å². The van der Waals surface area contributed by atoms with Crippen molar-refractivity contribution in [3.05, 3.63) is 28.3 Å². The van der Waals surface area contributed by atoms with Crippen LogP contribution < -0.4 is 5.32 Å². The van der Waals surface area contributed by atoms with Crippen LogP contribution in [0.25, 0.3) is 0 Å². The minimum atomic E-state index is -2.96. The van der Waals surface area contributed by atoms with Crippen LogP contribution in [0, 0.1) is 6.92 Å². The van der Waals surface area contributed by atoms with E-state index < -0.39 is 5.66 Å². The molecule has 0 aliphatic heterocycles. The zero-order valence-corrected chi connectivity index (χ0v) is 9.78. The summed E-state index contributed by atoms with van der Waals surface area (Å²) in [5, 5.41) is 2.98. The molecule has 0 aliphatic carbocycles. The minimum absolute atomic E-state index is 0.102. The highest BCUT2D eigenvalue weighted by atomic mass is 35.5. The number of hydrogen-bond donors (Lipinski definition) is 1. The summed E-state index contributed by atoms with van der Waals surface area (Å²) in [6.45, 7) is 1.73. The second-order valence-electron chi connectivity index (χ2n) is 3.04. The van der Waals surface area contributed by atoms with Gasteiger partial charge >= 0.3 is 0 Å². The van der Waals surface area contributed by atoms with E-state index in [9.17, 15) is 8.78 Å². The summed E-state index contributed by atoms with van der Waals surface area (Å²) in [5.41, 5.74) is -2.08. The average Bonchev–Trinajstić information content (AvgIpc) is 2.01. The summed E-state index contributed by atoms with van der Waals surface area (Å²) < 4.78 is 26.3. The van der Waals surface area contributed by atoms with E-state index in [0.717, 1.165) is 0 Å². The van der Waals surface area contributed by atoms with Crippen LogP contribution in [-0.2, 0) is 5.66 Å². The van der Waals surface area contributed by atoms with Crippen LogP contribution in [0.1, 0.15) is 11.1 Å². The molecular weight excluding hydrogens is 227 g/mol. The fourth-order valence-corrected chi connectivity index (χ4v) is 1.86. The van der Waals surface area contributed by atoms with Crippen molar-refractivity contribution >= 4 is 26.5 Å². The van der Waals surface area contributed by atoms with Gasteiger partial charge in [-0.2, -0.15) is 8.78 Å². The predicted molar refractivity (Wildman–Crippen MR) is 59.3 cm³/mol. The van der Waals surface area contributed by atoms with E-state index in [-0.39, 0.29) is 11.3 Å². The normalized spacial score (nSPS) is 11.6. The van der Waals surface area contributed by atoms with Gasteiger partial charge in [-0.3, -0.25) is 0 Å². The van der Waals surface area contributed by atoms with E-state index in [0.29, 0.717) is 10.6 Å². The van der Waals surface area contributed by atoms with Gasteiger partial charge in [-0.25, -0.2) is 0 Å². The molecule has 0 amide bonds. The van der Waals surface area contributed by atoms with Crippen molar-refractivity contribution in [1.82, 2.24) is 0 Å². The molecule has 5 heteroatoms. The predicted octanol–water partition coefficient (Wildman–Crippen LogP) is 3.61. The molecule has 1 aromatic carbocycles. The molecule has 78 valence electrons. The Balaban J connectivity index is 3.40. The number of aryl methyl sites for hydroxylation is 1. The Bertz CT molecular complexity index is 349. The SMILES string of the molecule is CNc1c(Cl)cc(C)cc1C(F)(F)P. The van der Waals surface area contributed by atoms with Crippen molar-refractivity contribution in [1.29, 1.82) is 0 Å². The van der Waals surface area contributed by atoms with E-state index in [1.54, 1.807) is 20.0 Å². The van der Waals surface area contributed by atoms with Crippen LogP contribution in [-0.4, -0.2) is 7.05 Å². The Morgan fingerprint density at radius 2 is 2.00 bits per heavy atom. The lowest BCUT2D eigenvalue weighted by molar-refractivity contribution is 0.105. The highest BCUT2D eigenvalue weighted by Gasteiger charge is 2.28. The highest BCUT2D eigenvalue weighted by Crippen LogP contribution is 2.42. The molecule has 1 aromatic rings. The number of alkyl halides is 2. The fourth-order valence-electron chi connectivity index (χ4n) is 1.26. The molecule has 0 bridgehead atoms. The standard InChI is InChI=1S/C9H11ClF2NP/c1-5-3-6(9(11,12)14)8(13-2)7(10)4-5/h3-4,13H,14H2,1-2H3. The third kappa shape index (κ3) is 2.34. The van der Waals surface area contributed by atoms with Gasteiger partial charge in [0.25, 0.3) is 5.66 Å². The Morgan fingerprint density at radius 1 is 1.43 bits per heavy atom. The summed E-state index contributed by atoms with van der Waals surface area (Å²) >= 11 is 5.84. The number of rotatable bonds is 2. The van der Waals surface area contributed by atoms with Crippen LogP contribution in [0.5, 0.6) is 0 Å². The molecule has 1 atom stereocenters. The number of benzene rings is 1. The van der Waals surface area contributed by atoms with Crippen molar-refractivity contribution in [2.45, 2.75) is 12.6 Å². The Morgan fingerprint density at radius 3 is 2.43 bits per heavy atom. The number of anilines is 1. The monoisotopic (exact) mass is 237 g/mol.